The number of hydrogen-bond donors (Lipinski definition) is 1. The maximum absolute atomic E-state index is 9.31. The molecular weight excluding hydrogens is 246 g/mol. The van der Waals surface area contributed by atoms with Crippen molar-refractivity contribution in [2.75, 3.05) is 24.6 Å². The fraction of sp³-hybridized carbons (Fsp3) is 0.333. The van der Waals surface area contributed by atoms with Crippen LogP contribution < -0.4 is 4.90 Å². The van der Waals surface area contributed by atoms with Crippen molar-refractivity contribution < 1.29 is 5.11 Å². The van der Waals surface area contributed by atoms with E-state index < -0.39 is 0 Å². The Morgan fingerprint density at radius 3 is 2.50 bits per heavy atom. The van der Waals surface area contributed by atoms with E-state index in [9.17, 15) is 5.11 Å². The van der Waals surface area contributed by atoms with Crippen LogP contribution in [-0.4, -0.2) is 24.8 Å². The lowest BCUT2D eigenvalue weighted by atomic mass is 10.0. The minimum atomic E-state index is 0.303. The summed E-state index contributed by atoms with van der Waals surface area (Å²) in [4.78, 5) is 2.42. The minimum absolute atomic E-state index is 0.303. The quantitative estimate of drug-likeness (QED) is 0.920. The van der Waals surface area contributed by atoms with Gasteiger partial charge >= 0.3 is 0 Å². The first kappa shape index (κ1) is 13.2. The zero-order chi connectivity index (χ0) is 13.8. The number of aliphatic hydroxyl groups is 1. The van der Waals surface area contributed by atoms with Crippen LogP contribution in [0.25, 0.3) is 0 Å². The Labute approximate surface area is 120 Å². The van der Waals surface area contributed by atoms with Crippen LogP contribution in [0.1, 0.15) is 17.5 Å². The number of hydrogen-bond acceptors (Lipinski definition) is 2. The molecular formula is C18H21NO. The highest BCUT2D eigenvalue weighted by Gasteiger charge is 2.23. The second-order valence-corrected chi connectivity index (χ2v) is 5.57. The number of aliphatic hydroxyl groups excluding tert-OH is 1. The molecule has 1 heterocycles. The number of para-hydroxylation sites is 1. The summed E-state index contributed by atoms with van der Waals surface area (Å²) in [6, 6.07) is 19.2. The molecule has 2 nitrogen and oxygen atoms in total. The van der Waals surface area contributed by atoms with E-state index >= 15 is 0 Å². The fourth-order valence-electron chi connectivity index (χ4n) is 2.99. The first-order valence-corrected chi connectivity index (χ1v) is 7.34. The van der Waals surface area contributed by atoms with Crippen LogP contribution in [0.5, 0.6) is 0 Å². The van der Waals surface area contributed by atoms with Crippen molar-refractivity contribution in [2.24, 2.45) is 5.92 Å². The van der Waals surface area contributed by atoms with Gasteiger partial charge in [0.25, 0.3) is 0 Å². The van der Waals surface area contributed by atoms with Crippen LogP contribution >= 0.6 is 0 Å². The molecule has 0 amide bonds. The zero-order valence-electron chi connectivity index (χ0n) is 11.7. The van der Waals surface area contributed by atoms with Crippen molar-refractivity contribution in [1.29, 1.82) is 0 Å². The van der Waals surface area contributed by atoms with Crippen LogP contribution in [0, 0.1) is 5.92 Å². The normalized spacial score (nSPS) is 18.4. The van der Waals surface area contributed by atoms with Crippen molar-refractivity contribution in [1.82, 2.24) is 0 Å². The van der Waals surface area contributed by atoms with E-state index in [-0.39, 0.29) is 0 Å². The molecule has 3 rings (SSSR count). The lowest BCUT2D eigenvalue weighted by molar-refractivity contribution is 0.238. The second kappa shape index (κ2) is 6.10. The molecule has 0 spiro atoms. The molecule has 0 aromatic heterocycles. The average Bonchev–Trinajstić information content (AvgIpc) is 2.98. The molecule has 1 N–H and O–H groups in total. The largest absolute Gasteiger partial charge is 0.396 e. The summed E-state index contributed by atoms with van der Waals surface area (Å²) in [7, 11) is 0. The van der Waals surface area contributed by atoms with Gasteiger partial charge in [0.05, 0.1) is 0 Å². The summed E-state index contributed by atoms with van der Waals surface area (Å²) in [5.74, 6) is 0.430. The summed E-state index contributed by atoms with van der Waals surface area (Å²) in [6.07, 6.45) is 2.06. The summed E-state index contributed by atoms with van der Waals surface area (Å²) in [5.41, 5.74) is 4.04. The molecule has 2 aromatic rings. The Bertz CT molecular complexity index is 552. The molecule has 0 saturated carbocycles. The molecule has 20 heavy (non-hydrogen) atoms. The Morgan fingerprint density at radius 2 is 1.75 bits per heavy atom. The minimum Gasteiger partial charge on any atom is -0.396 e. The van der Waals surface area contributed by atoms with Crippen LogP contribution in [0.3, 0.4) is 0 Å². The van der Waals surface area contributed by atoms with Gasteiger partial charge in [-0.2, -0.15) is 0 Å². The Morgan fingerprint density at radius 1 is 1.00 bits per heavy atom. The monoisotopic (exact) mass is 267 g/mol. The first-order valence-electron chi connectivity index (χ1n) is 7.34. The number of nitrogens with zero attached hydrogens (tertiary/aromatic N) is 1. The number of anilines is 1. The molecule has 1 fully saturated rings. The maximum atomic E-state index is 9.31. The van der Waals surface area contributed by atoms with Gasteiger partial charge in [0, 0.05) is 31.3 Å². The molecule has 0 radical (unpaired) electrons. The van der Waals surface area contributed by atoms with E-state index in [0.717, 1.165) is 25.9 Å². The molecule has 1 atom stereocenters. The molecule has 1 saturated heterocycles. The number of benzene rings is 2. The van der Waals surface area contributed by atoms with E-state index in [1.165, 1.54) is 16.8 Å². The van der Waals surface area contributed by atoms with Gasteiger partial charge in [-0.25, -0.2) is 0 Å². The molecule has 0 bridgehead atoms. The molecule has 0 aliphatic carbocycles. The second-order valence-electron chi connectivity index (χ2n) is 5.57. The summed E-state index contributed by atoms with van der Waals surface area (Å²) < 4.78 is 0. The van der Waals surface area contributed by atoms with Crippen LogP contribution in [-0.2, 0) is 6.42 Å². The maximum Gasteiger partial charge on any atom is 0.0476 e. The van der Waals surface area contributed by atoms with Crippen LogP contribution in [0.2, 0.25) is 0 Å². The smallest absolute Gasteiger partial charge is 0.0476 e. The molecule has 1 aliphatic heterocycles. The van der Waals surface area contributed by atoms with Gasteiger partial charge in [-0.15, -0.1) is 0 Å². The lowest BCUT2D eigenvalue weighted by Gasteiger charge is -2.22. The summed E-state index contributed by atoms with van der Waals surface area (Å²) in [5, 5.41) is 9.31. The summed E-state index contributed by atoms with van der Waals surface area (Å²) >= 11 is 0. The topological polar surface area (TPSA) is 23.5 Å². The average molecular weight is 267 g/mol. The molecule has 2 heteroatoms. The van der Waals surface area contributed by atoms with Crippen molar-refractivity contribution in [3.63, 3.8) is 0 Å². The Hall–Kier alpha value is -1.80. The number of rotatable bonds is 4. The van der Waals surface area contributed by atoms with Crippen molar-refractivity contribution in [3.8, 4) is 0 Å². The van der Waals surface area contributed by atoms with Gasteiger partial charge in [0.1, 0.15) is 0 Å². The van der Waals surface area contributed by atoms with Crippen LogP contribution in [0.4, 0.5) is 5.69 Å². The van der Waals surface area contributed by atoms with Gasteiger partial charge in [0.15, 0.2) is 0 Å². The lowest BCUT2D eigenvalue weighted by Crippen LogP contribution is -2.21. The van der Waals surface area contributed by atoms with E-state index in [1.54, 1.807) is 0 Å². The standard InChI is InChI=1S/C18H21NO/c20-14-16-10-11-19(13-16)18-9-5-4-8-17(18)12-15-6-2-1-3-7-15/h1-9,16,20H,10-14H2. The predicted octanol–water partition coefficient (Wildman–Crippen LogP) is 3.10. The Balaban J connectivity index is 1.82. The van der Waals surface area contributed by atoms with Gasteiger partial charge < -0.3 is 10.0 Å². The zero-order valence-corrected chi connectivity index (χ0v) is 11.7. The third kappa shape index (κ3) is 2.86. The molecule has 1 aliphatic rings. The van der Waals surface area contributed by atoms with Crippen molar-refractivity contribution in [2.45, 2.75) is 12.8 Å². The Kier molecular flexibility index (Phi) is 4.03. The van der Waals surface area contributed by atoms with Gasteiger partial charge in [-0.05, 0) is 30.0 Å². The third-order valence-electron chi connectivity index (χ3n) is 4.11. The summed E-state index contributed by atoms with van der Waals surface area (Å²) in [6.45, 7) is 2.33. The molecule has 104 valence electrons. The van der Waals surface area contributed by atoms with Crippen molar-refractivity contribution in [3.05, 3.63) is 65.7 Å². The molecule has 2 aromatic carbocycles. The van der Waals surface area contributed by atoms with E-state index in [1.807, 2.05) is 0 Å². The predicted molar refractivity (Wildman–Crippen MR) is 83.1 cm³/mol. The van der Waals surface area contributed by atoms with E-state index in [0.29, 0.717) is 12.5 Å². The van der Waals surface area contributed by atoms with Gasteiger partial charge in [-0.3, -0.25) is 0 Å². The van der Waals surface area contributed by atoms with Gasteiger partial charge in [0.2, 0.25) is 0 Å². The first-order chi connectivity index (χ1) is 9.86. The molecule has 1 unspecified atom stereocenters. The van der Waals surface area contributed by atoms with Crippen LogP contribution in [0.15, 0.2) is 54.6 Å². The highest BCUT2D eigenvalue weighted by atomic mass is 16.3. The highest BCUT2D eigenvalue weighted by molar-refractivity contribution is 5.55. The SMILES string of the molecule is OCC1CCN(c2ccccc2Cc2ccccc2)C1. The van der Waals surface area contributed by atoms with Crippen molar-refractivity contribution >= 4 is 5.69 Å². The van der Waals surface area contributed by atoms with Gasteiger partial charge in [-0.1, -0.05) is 48.5 Å². The van der Waals surface area contributed by atoms with E-state index in [2.05, 4.69) is 59.5 Å². The third-order valence-corrected chi connectivity index (χ3v) is 4.11. The fourth-order valence-corrected chi connectivity index (χ4v) is 2.99. The van der Waals surface area contributed by atoms with E-state index in [4.69, 9.17) is 0 Å². The highest BCUT2D eigenvalue weighted by Crippen LogP contribution is 2.28.